The van der Waals surface area contributed by atoms with Gasteiger partial charge in [-0.25, -0.2) is 9.71 Å². The molecule has 0 amide bonds. The van der Waals surface area contributed by atoms with E-state index in [9.17, 15) is 5.21 Å². The molecule has 0 aliphatic carbocycles. The minimum atomic E-state index is 0.893. The smallest absolute Gasteiger partial charge is 0.0742 e. The van der Waals surface area contributed by atoms with Crippen LogP contribution in [0.2, 0.25) is 0 Å². The van der Waals surface area contributed by atoms with Gasteiger partial charge in [-0.05, 0) is 12.1 Å². The lowest BCUT2D eigenvalue weighted by Gasteiger charge is -1.98. The Balaban J connectivity index is 2.17. The van der Waals surface area contributed by atoms with E-state index in [0.29, 0.717) is 0 Å². The van der Waals surface area contributed by atoms with Crippen LogP contribution >= 0.6 is 0 Å². The third-order valence-corrected chi connectivity index (χ3v) is 2.55. The zero-order chi connectivity index (χ0) is 11.0. The summed E-state index contributed by atoms with van der Waals surface area (Å²) in [6.45, 7) is 0. The largest absolute Gasteiger partial charge is 0.429 e. The monoisotopic (exact) mass is 210 g/mol. The van der Waals surface area contributed by atoms with E-state index in [0.717, 1.165) is 27.2 Å². The molecule has 2 aliphatic heterocycles. The van der Waals surface area contributed by atoms with E-state index in [1.807, 2.05) is 36.4 Å². The molecule has 0 saturated heterocycles. The number of rotatable bonds is 1. The molecule has 0 bridgehead atoms. The number of benzene rings is 1. The fraction of sp³-hybridized carbons (Fsp3) is 0. The fourth-order valence-electron chi connectivity index (χ4n) is 1.77. The highest BCUT2D eigenvalue weighted by molar-refractivity contribution is 5.72. The standard InChI is InChI=1S/C13H10N2O/c16-15-7-6-12-11(9-15)8-13(14-12)10-4-2-1-3-5-10/h1-9,16H. The minimum Gasteiger partial charge on any atom is -0.429 e. The topological polar surface area (TPSA) is 38.0 Å². The summed E-state index contributed by atoms with van der Waals surface area (Å²) in [5.41, 5.74) is 3.85. The van der Waals surface area contributed by atoms with E-state index >= 15 is 0 Å². The van der Waals surface area contributed by atoms with Gasteiger partial charge in [0, 0.05) is 17.3 Å². The number of fused-ring (bicyclic) bond motifs is 1. The van der Waals surface area contributed by atoms with Gasteiger partial charge in [-0.2, -0.15) is 0 Å². The molecule has 1 aromatic carbocycles. The maximum Gasteiger partial charge on any atom is 0.0742 e. The lowest BCUT2D eigenvalue weighted by atomic mass is 10.1. The number of nitrogens with zero attached hydrogens (tertiary/aromatic N) is 2. The van der Waals surface area contributed by atoms with Crippen LogP contribution in [0.15, 0.2) is 54.9 Å². The zero-order valence-corrected chi connectivity index (χ0v) is 8.54. The summed E-state index contributed by atoms with van der Waals surface area (Å²) in [6, 6.07) is 13.8. The Hall–Kier alpha value is -2.29. The van der Waals surface area contributed by atoms with E-state index < -0.39 is 0 Å². The Morgan fingerprint density at radius 3 is 2.56 bits per heavy atom. The van der Waals surface area contributed by atoms with Crippen molar-refractivity contribution < 1.29 is 5.21 Å². The molecule has 0 radical (unpaired) electrons. The van der Waals surface area contributed by atoms with Crippen molar-refractivity contribution in [2.75, 3.05) is 0 Å². The average Bonchev–Trinajstić information content (AvgIpc) is 2.73. The summed E-state index contributed by atoms with van der Waals surface area (Å²) in [4.78, 5) is 4.50. The highest BCUT2D eigenvalue weighted by atomic mass is 16.5. The minimum absolute atomic E-state index is 0.893. The molecule has 0 spiro atoms. The molecule has 0 fully saturated rings. The predicted molar refractivity (Wildman–Crippen MR) is 61.5 cm³/mol. The first-order valence-corrected chi connectivity index (χ1v) is 5.06. The first kappa shape index (κ1) is 8.97. The quantitative estimate of drug-likeness (QED) is 0.627. The van der Waals surface area contributed by atoms with Crippen molar-refractivity contribution in [3.8, 4) is 22.5 Å². The van der Waals surface area contributed by atoms with Gasteiger partial charge >= 0.3 is 0 Å². The van der Waals surface area contributed by atoms with Crippen LogP contribution in [0, 0.1) is 0 Å². The van der Waals surface area contributed by atoms with E-state index in [2.05, 4.69) is 4.98 Å². The zero-order valence-electron chi connectivity index (χ0n) is 8.54. The van der Waals surface area contributed by atoms with Gasteiger partial charge in [-0.15, -0.1) is 0 Å². The maximum absolute atomic E-state index is 9.30. The summed E-state index contributed by atoms with van der Waals surface area (Å²) in [6.07, 6.45) is 3.22. The third kappa shape index (κ3) is 1.42. The molecule has 0 unspecified atom stereocenters. The van der Waals surface area contributed by atoms with Crippen molar-refractivity contribution >= 4 is 0 Å². The van der Waals surface area contributed by atoms with Gasteiger partial charge in [0.15, 0.2) is 0 Å². The van der Waals surface area contributed by atoms with E-state index in [4.69, 9.17) is 0 Å². The molecule has 3 heteroatoms. The molecule has 3 nitrogen and oxygen atoms in total. The van der Waals surface area contributed by atoms with Crippen molar-refractivity contribution in [2.45, 2.75) is 0 Å². The molecular formula is C13H10N2O. The number of pyridine rings is 1. The number of hydrogen-bond donors (Lipinski definition) is 1. The summed E-state index contributed by atoms with van der Waals surface area (Å²) in [7, 11) is 0. The Labute approximate surface area is 92.9 Å². The molecule has 0 saturated carbocycles. The van der Waals surface area contributed by atoms with E-state index in [-0.39, 0.29) is 0 Å². The highest BCUT2D eigenvalue weighted by Crippen LogP contribution is 2.27. The van der Waals surface area contributed by atoms with Gasteiger partial charge in [-0.1, -0.05) is 30.3 Å². The first-order chi connectivity index (χ1) is 7.83. The second-order valence-electron chi connectivity index (χ2n) is 3.67. The van der Waals surface area contributed by atoms with Gasteiger partial charge in [-0.3, -0.25) is 0 Å². The van der Waals surface area contributed by atoms with Crippen LogP contribution < -0.4 is 0 Å². The molecule has 0 aromatic heterocycles. The molecule has 16 heavy (non-hydrogen) atoms. The molecule has 78 valence electrons. The van der Waals surface area contributed by atoms with Crippen LogP contribution in [0.4, 0.5) is 0 Å². The molecular weight excluding hydrogens is 200 g/mol. The van der Waals surface area contributed by atoms with Gasteiger partial charge in [0.25, 0.3) is 0 Å². The van der Waals surface area contributed by atoms with Crippen molar-refractivity contribution in [1.29, 1.82) is 0 Å². The Morgan fingerprint density at radius 2 is 1.75 bits per heavy atom. The molecule has 1 N–H and O–H groups in total. The van der Waals surface area contributed by atoms with Gasteiger partial charge in [0.1, 0.15) is 0 Å². The predicted octanol–water partition coefficient (Wildman–Crippen LogP) is 2.89. The van der Waals surface area contributed by atoms with Gasteiger partial charge in [0.2, 0.25) is 0 Å². The number of hydrogen-bond acceptors (Lipinski definition) is 2. The molecule has 0 atom stereocenters. The van der Waals surface area contributed by atoms with Crippen LogP contribution in [0.1, 0.15) is 0 Å². The van der Waals surface area contributed by atoms with E-state index in [1.54, 1.807) is 18.5 Å². The lowest BCUT2D eigenvalue weighted by Crippen LogP contribution is -1.90. The summed E-state index contributed by atoms with van der Waals surface area (Å²) in [5.74, 6) is 0. The Kier molecular flexibility index (Phi) is 1.90. The average molecular weight is 210 g/mol. The highest BCUT2D eigenvalue weighted by Gasteiger charge is 2.09. The Morgan fingerprint density at radius 1 is 0.938 bits per heavy atom. The summed E-state index contributed by atoms with van der Waals surface area (Å²) < 4.78 is 1.04. The molecule has 3 rings (SSSR count). The van der Waals surface area contributed by atoms with Crippen LogP contribution in [-0.4, -0.2) is 14.9 Å². The van der Waals surface area contributed by atoms with Crippen LogP contribution in [-0.2, 0) is 0 Å². The van der Waals surface area contributed by atoms with Gasteiger partial charge in [0.05, 0.1) is 17.6 Å². The van der Waals surface area contributed by atoms with Crippen LogP contribution in [0.5, 0.6) is 0 Å². The van der Waals surface area contributed by atoms with Gasteiger partial charge < -0.3 is 5.21 Å². The normalized spacial score (nSPS) is 10.8. The second-order valence-corrected chi connectivity index (χ2v) is 3.67. The summed E-state index contributed by atoms with van der Waals surface area (Å²) >= 11 is 0. The van der Waals surface area contributed by atoms with Crippen LogP contribution in [0.3, 0.4) is 0 Å². The molecule has 2 aliphatic rings. The number of aromatic nitrogens is 2. The van der Waals surface area contributed by atoms with Crippen LogP contribution in [0.25, 0.3) is 22.5 Å². The fourth-order valence-corrected chi connectivity index (χ4v) is 1.77. The van der Waals surface area contributed by atoms with Crippen molar-refractivity contribution in [3.63, 3.8) is 0 Å². The molecule has 1 aromatic rings. The SMILES string of the molecule is On1ccc2nc(-c3ccccc3)cc-2c1. The second kappa shape index (κ2) is 3.38. The van der Waals surface area contributed by atoms with Crippen molar-refractivity contribution in [1.82, 2.24) is 9.71 Å². The first-order valence-electron chi connectivity index (χ1n) is 5.06. The van der Waals surface area contributed by atoms with Crippen molar-refractivity contribution in [3.05, 3.63) is 54.9 Å². The Bertz CT molecular complexity index is 586. The summed E-state index contributed by atoms with van der Waals surface area (Å²) in [5, 5.41) is 9.30. The van der Waals surface area contributed by atoms with E-state index in [1.165, 1.54) is 0 Å². The molecule has 2 heterocycles. The maximum atomic E-state index is 9.30. The lowest BCUT2D eigenvalue weighted by molar-refractivity contribution is 0.185. The van der Waals surface area contributed by atoms with Crippen molar-refractivity contribution in [2.24, 2.45) is 0 Å². The third-order valence-electron chi connectivity index (χ3n) is 2.55.